The fourth-order valence-electron chi connectivity index (χ4n) is 12.6. The highest BCUT2D eigenvalue weighted by Gasteiger charge is 2.26. The largest absolute Gasteiger partial charge is 0.292 e. The van der Waals surface area contributed by atoms with Crippen LogP contribution in [0.25, 0.3) is 157 Å². The molecule has 3 aromatic heterocycles. The Bertz CT molecular complexity index is 5190. The molecule has 0 saturated carbocycles. The molecule has 0 fully saturated rings. The van der Waals surface area contributed by atoms with Gasteiger partial charge in [0.25, 0.3) is 0 Å². The first-order valence-corrected chi connectivity index (χ1v) is 29.8. The minimum absolute atomic E-state index is 0.611. The monoisotopic (exact) mass is 1120 g/mol. The van der Waals surface area contributed by atoms with Crippen LogP contribution in [0.3, 0.4) is 0 Å². The van der Waals surface area contributed by atoms with Crippen molar-refractivity contribution in [2.24, 2.45) is 0 Å². The van der Waals surface area contributed by atoms with Crippen LogP contribution in [0.15, 0.2) is 328 Å². The molecule has 0 aliphatic heterocycles. The quantitative estimate of drug-likeness (QED) is 0.122. The van der Waals surface area contributed by atoms with E-state index in [9.17, 15) is 0 Å². The minimum Gasteiger partial charge on any atom is -0.292 e. The van der Waals surface area contributed by atoms with Gasteiger partial charge in [-0.05, 0) is 86.8 Å². The maximum Gasteiger partial charge on any atom is 0.160 e. The average Bonchev–Trinajstić information content (AvgIpc) is 1.78. The molecule has 6 nitrogen and oxygen atoms in total. The number of benzene rings is 13. The van der Waals surface area contributed by atoms with Gasteiger partial charge < -0.3 is 0 Å². The molecule has 0 aliphatic rings. The van der Waals surface area contributed by atoms with Crippen molar-refractivity contribution in [2.75, 3.05) is 0 Å². The van der Waals surface area contributed by atoms with Crippen LogP contribution in [0, 0.1) is 0 Å². The lowest BCUT2D eigenvalue weighted by molar-refractivity contribution is 1.07. The maximum atomic E-state index is 5.74. The van der Waals surface area contributed by atoms with Crippen molar-refractivity contribution in [3.05, 3.63) is 328 Å². The van der Waals surface area contributed by atoms with Gasteiger partial charge >= 0.3 is 0 Å². The molecule has 0 unspecified atom stereocenters. The van der Waals surface area contributed by atoms with Crippen molar-refractivity contribution in [1.29, 1.82) is 0 Å². The van der Waals surface area contributed by atoms with Gasteiger partial charge in [0, 0.05) is 66.8 Å². The van der Waals surface area contributed by atoms with Crippen LogP contribution >= 0.6 is 0 Å². The summed E-state index contributed by atoms with van der Waals surface area (Å²) >= 11 is 0. The lowest BCUT2D eigenvalue weighted by Crippen LogP contribution is -2.02. The highest BCUT2D eigenvalue weighted by atomic mass is 15.1. The highest BCUT2D eigenvalue weighted by molar-refractivity contribution is 6.11. The molecule has 0 spiro atoms. The molecule has 88 heavy (non-hydrogen) atoms. The summed E-state index contributed by atoms with van der Waals surface area (Å²) in [4.78, 5) is 22.5. The van der Waals surface area contributed by atoms with Gasteiger partial charge in [-0.1, -0.05) is 279 Å². The molecule has 0 bridgehead atoms. The Morgan fingerprint density at radius 2 is 0.591 bits per heavy atom. The molecule has 0 atom stereocenters. The number of fused-ring (bicyclic) bond motifs is 3. The minimum atomic E-state index is 0.611. The molecule has 16 aromatic rings. The zero-order chi connectivity index (χ0) is 58.3. The first kappa shape index (κ1) is 51.8. The van der Waals surface area contributed by atoms with Crippen LogP contribution in [0.5, 0.6) is 0 Å². The van der Waals surface area contributed by atoms with E-state index in [0.717, 1.165) is 140 Å². The topological polar surface area (TPSA) is 61.4 Å². The molecule has 6 heteroatoms. The van der Waals surface area contributed by atoms with E-state index in [2.05, 4.69) is 337 Å². The zero-order valence-electron chi connectivity index (χ0n) is 47.9. The molecular formula is C82H54N6. The Morgan fingerprint density at radius 3 is 1.07 bits per heavy atom. The van der Waals surface area contributed by atoms with E-state index in [-0.39, 0.29) is 0 Å². The van der Waals surface area contributed by atoms with E-state index in [0.29, 0.717) is 5.82 Å². The standard InChI is InChI=1S/C82H54N6/c1-7-27-57(28-8-1)75-78(60-31-11-3-12-32-60)87(81(85-75)63-35-15-5-16-36-63)66-49-45-59(46-50-66)74-73-54-65(70-43-23-39-55-25-19-21-41-68(55)70)53-72(71-44-24-40-56-26-20-22-42-69(56)71)77(73)84-80(83-74)62-47-51-67(52-48-62)88-79(61-33-13-4-14-34-61)76(58-29-9-2-10-30-58)86-82(88)64-37-17-6-18-38-64/h1-54H. The van der Waals surface area contributed by atoms with Gasteiger partial charge in [-0.25, -0.2) is 19.9 Å². The van der Waals surface area contributed by atoms with Gasteiger partial charge in [0.05, 0.1) is 34.0 Å². The molecule has 0 N–H and O–H groups in total. The summed E-state index contributed by atoms with van der Waals surface area (Å²) in [7, 11) is 0. The van der Waals surface area contributed by atoms with Crippen molar-refractivity contribution in [3.8, 4) is 124 Å². The Kier molecular flexibility index (Phi) is 13.1. The van der Waals surface area contributed by atoms with Crippen molar-refractivity contribution in [1.82, 2.24) is 29.1 Å². The fourth-order valence-corrected chi connectivity index (χ4v) is 12.6. The Balaban J connectivity index is 0.935. The predicted molar refractivity (Wildman–Crippen MR) is 363 cm³/mol. The average molecular weight is 1120 g/mol. The molecule has 412 valence electrons. The molecule has 3 heterocycles. The van der Waals surface area contributed by atoms with Crippen molar-refractivity contribution >= 4 is 32.4 Å². The van der Waals surface area contributed by atoms with Gasteiger partial charge in [0.2, 0.25) is 0 Å². The normalized spacial score (nSPS) is 11.4. The van der Waals surface area contributed by atoms with Crippen molar-refractivity contribution in [2.45, 2.75) is 0 Å². The van der Waals surface area contributed by atoms with Crippen LogP contribution in [0.1, 0.15) is 0 Å². The van der Waals surface area contributed by atoms with Crippen LogP contribution in [0.4, 0.5) is 0 Å². The summed E-state index contributed by atoms with van der Waals surface area (Å²) in [6.07, 6.45) is 0. The van der Waals surface area contributed by atoms with Crippen molar-refractivity contribution < 1.29 is 0 Å². The Labute approximate surface area is 510 Å². The number of aromatic nitrogens is 6. The SMILES string of the molecule is c1ccc(-c2nc(-c3ccccc3)n(-c3ccc(-c4nc(-c5ccc(-n6c(-c7ccccc7)nc(-c7ccccc7)c6-c6ccccc6)cc5)c5cc(-c6cccc7ccccc67)cc(-c6cccc7ccccc67)c5n4)cc3)c2-c2ccccc2)cc1. The summed E-state index contributed by atoms with van der Waals surface area (Å²) in [6, 6.07) is 116. The molecule has 0 aliphatic carbocycles. The van der Waals surface area contributed by atoms with Crippen LogP contribution in [-0.4, -0.2) is 29.1 Å². The lowest BCUT2D eigenvalue weighted by Gasteiger charge is -2.18. The molecule has 0 amide bonds. The van der Waals surface area contributed by atoms with E-state index in [1.54, 1.807) is 0 Å². The Morgan fingerprint density at radius 1 is 0.216 bits per heavy atom. The summed E-state index contributed by atoms with van der Waals surface area (Å²) in [5.74, 6) is 2.31. The van der Waals surface area contributed by atoms with Crippen LogP contribution < -0.4 is 0 Å². The number of imidazole rings is 2. The van der Waals surface area contributed by atoms with E-state index < -0.39 is 0 Å². The van der Waals surface area contributed by atoms with Gasteiger partial charge in [0.1, 0.15) is 11.6 Å². The molecule has 13 aromatic carbocycles. The molecular weight excluding hydrogens is 1070 g/mol. The van der Waals surface area contributed by atoms with Crippen LogP contribution in [-0.2, 0) is 0 Å². The maximum absolute atomic E-state index is 5.74. The number of hydrogen-bond acceptors (Lipinski definition) is 4. The number of hydrogen-bond donors (Lipinski definition) is 0. The van der Waals surface area contributed by atoms with Gasteiger partial charge in [-0.2, -0.15) is 0 Å². The first-order chi connectivity index (χ1) is 43.7. The van der Waals surface area contributed by atoms with E-state index in [4.69, 9.17) is 19.9 Å². The summed E-state index contributed by atoms with van der Waals surface area (Å²) < 4.78 is 4.61. The van der Waals surface area contributed by atoms with E-state index >= 15 is 0 Å². The van der Waals surface area contributed by atoms with Crippen molar-refractivity contribution in [3.63, 3.8) is 0 Å². The second kappa shape index (κ2) is 22.3. The number of rotatable bonds is 12. The second-order valence-corrected chi connectivity index (χ2v) is 22.1. The smallest absolute Gasteiger partial charge is 0.160 e. The third kappa shape index (κ3) is 9.33. The molecule has 0 saturated heterocycles. The summed E-state index contributed by atoms with van der Waals surface area (Å²) in [5, 5.41) is 5.60. The Hall–Kier alpha value is -11.9. The van der Waals surface area contributed by atoms with Gasteiger partial charge in [-0.15, -0.1) is 0 Å². The summed E-state index contributed by atoms with van der Waals surface area (Å²) in [6.45, 7) is 0. The molecule has 0 radical (unpaired) electrons. The second-order valence-electron chi connectivity index (χ2n) is 22.1. The van der Waals surface area contributed by atoms with Gasteiger partial charge in [0.15, 0.2) is 5.82 Å². The van der Waals surface area contributed by atoms with Gasteiger partial charge in [-0.3, -0.25) is 9.13 Å². The summed E-state index contributed by atoms with van der Waals surface area (Å²) in [5.41, 5.74) is 19.8. The number of nitrogens with zero attached hydrogens (tertiary/aromatic N) is 6. The predicted octanol–water partition coefficient (Wildman–Crippen LogP) is 21.0. The van der Waals surface area contributed by atoms with E-state index in [1.807, 2.05) is 0 Å². The third-order valence-corrected chi connectivity index (χ3v) is 16.8. The van der Waals surface area contributed by atoms with Crippen LogP contribution in [0.2, 0.25) is 0 Å². The molecule has 16 rings (SSSR count). The lowest BCUT2D eigenvalue weighted by atomic mass is 9.90. The third-order valence-electron chi connectivity index (χ3n) is 16.8. The highest BCUT2D eigenvalue weighted by Crippen LogP contribution is 2.45. The first-order valence-electron chi connectivity index (χ1n) is 29.8. The fraction of sp³-hybridized carbons (Fsp3) is 0. The zero-order valence-corrected chi connectivity index (χ0v) is 47.9. The van der Waals surface area contributed by atoms with E-state index in [1.165, 1.54) is 10.8 Å².